The molecule has 106 valence electrons. The number of benzene rings is 1. The number of nitrogens with one attached hydrogen (secondary N) is 1. The molecule has 1 amide bonds. The Hall–Kier alpha value is -1.42. The first-order valence-corrected chi connectivity index (χ1v) is 6.57. The van der Waals surface area contributed by atoms with E-state index in [0.717, 1.165) is 6.42 Å². The molecule has 0 bridgehead atoms. The molecule has 19 heavy (non-hydrogen) atoms. The fourth-order valence-corrected chi connectivity index (χ4v) is 1.95. The van der Waals surface area contributed by atoms with Gasteiger partial charge in [-0.1, -0.05) is 25.4 Å². The smallest absolute Gasteiger partial charge is 0.252 e. The van der Waals surface area contributed by atoms with E-state index in [1.165, 1.54) is 14.2 Å². The molecule has 0 saturated carbocycles. The summed E-state index contributed by atoms with van der Waals surface area (Å²) in [6, 6.07) is 3.30. The molecule has 0 atom stereocenters. The second kappa shape index (κ2) is 7.24. The first-order chi connectivity index (χ1) is 9.01. The zero-order valence-electron chi connectivity index (χ0n) is 11.7. The molecule has 0 aromatic heterocycles. The molecule has 0 aliphatic heterocycles. The van der Waals surface area contributed by atoms with Crippen molar-refractivity contribution < 1.29 is 14.3 Å². The van der Waals surface area contributed by atoms with Crippen LogP contribution in [0.4, 0.5) is 0 Å². The summed E-state index contributed by atoms with van der Waals surface area (Å²) >= 11 is 6.16. The summed E-state index contributed by atoms with van der Waals surface area (Å²) < 4.78 is 10.3. The van der Waals surface area contributed by atoms with Crippen molar-refractivity contribution in [2.45, 2.75) is 20.3 Å². The van der Waals surface area contributed by atoms with Crippen LogP contribution in [0.15, 0.2) is 12.1 Å². The van der Waals surface area contributed by atoms with Crippen molar-refractivity contribution in [2.75, 3.05) is 20.8 Å². The average molecular weight is 286 g/mol. The molecule has 0 saturated heterocycles. The summed E-state index contributed by atoms with van der Waals surface area (Å²) in [4.78, 5) is 12.0. The Morgan fingerprint density at radius 3 is 2.53 bits per heavy atom. The van der Waals surface area contributed by atoms with Crippen LogP contribution in [0.1, 0.15) is 30.6 Å². The molecule has 0 aliphatic carbocycles. The number of carbonyl (C=O) groups excluding carboxylic acids is 1. The zero-order chi connectivity index (χ0) is 14.4. The van der Waals surface area contributed by atoms with E-state index in [-0.39, 0.29) is 10.9 Å². The van der Waals surface area contributed by atoms with E-state index in [4.69, 9.17) is 21.1 Å². The summed E-state index contributed by atoms with van der Waals surface area (Å²) in [5.41, 5.74) is 0.392. The van der Waals surface area contributed by atoms with Gasteiger partial charge in [-0.15, -0.1) is 0 Å². The molecule has 1 rings (SSSR count). The molecule has 0 spiro atoms. The number of amides is 1. The van der Waals surface area contributed by atoms with Crippen molar-refractivity contribution in [2.24, 2.45) is 5.92 Å². The summed E-state index contributed by atoms with van der Waals surface area (Å²) in [5.74, 6) is 1.22. The molecule has 0 unspecified atom stereocenters. The summed E-state index contributed by atoms with van der Waals surface area (Å²) in [7, 11) is 3.01. The highest BCUT2D eigenvalue weighted by molar-refractivity contribution is 6.35. The van der Waals surface area contributed by atoms with E-state index in [9.17, 15) is 4.79 Å². The van der Waals surface area contributed by atoms with Crippen LogP contribution in [-0.4, -0.2) is 26.7 Å². The van der Waals surface area contributed by atoms with E-state index >= 15 is 0 Å². The van der Waals surface area contributed by atoms with Gasteiger partial charge < -0.3 is 14.8 Å². The van der Waals surface area contributed by atoms with Crippen molar-refractivity contribution in [3.8, 4) is 11.5 Å². The number of halogens is 1. The minimum absolute atomic E-state index is 0.202. The number of carbonyl (C=O) groups is 1. The maximum Gasteiger partial charge on any atom is 0.252 e. The summed E-state index contributed by atoms with van der Waals surface area (Å²) in [6.45, 7) is 4.84. The number of hydrogen-bond donors (Lipinski definition) is 1. The molecule has 0 fully saturated rings. The Kier molecular flexibility index (Phi) is 5.96. The molecule has 0 radical (unpaired) electrons. The molecule has 4 nitrogen and oxygen atoms in total. The Labute approximate surface area is 119 Å². The van der Waals surface area contributed by atoms with E-state index in [1.807, 2.05) is 0 Å². The molecule has 5 heteroatoms. The minimum Gasteiger partial charge on any atom is -0.493 e. The third-order valence-corrected chi connectivity index (χ3v) is 3.11. The highest BCUT2D eigenvalue weighted by Gasteiger charge is 2.17. The topological polar surface area (TPSA) is 47.6 Å². The van der Waals surface area contributed by atoms with Gasteiger partial charge in [0.05, 0.1) is 24.8 Å². The van der Waals surface area contributed by atoms with Crippen molar-refractivity contribution in [3.05, 3.63) is 22.7 Å². The fourth-order valence-electron chi connectivity index (χ4n) is 1.63. The third-order valence-electron chi connectivity index (χ3n) is 2.74. The Balaban J connectivity index is 2.86. The second-order valence-electron chi connectivity index (χ2n) is 4.60. The van der Waals surface area contributed by atoms with E-state index in [2.05, 4.69) is 19.2 Å². The van der Waals surface area contributed by atoms with E-state index in [1.54, 1.807) is 12.1 Å². The number of methoxy groups -OCH3 is 2. The largest absolute Gasteiger partial charge is 0.493 e. The average Bonchev–Trinajstić information content (AvgIpc) is 2.37. The van der Waals surface area contributed by atoms with Gasteiger partial charge in [-0.3, -0.25) is 4.79 Å². The van der Waals surface area contributed by atoms with Crippen LogP contribution in [0.5, 0.6) is 11.5 Å². The van der Waals surface area contributed by atoms with Crippen molar-refractivity contribution in [3.63, 3.8) is 0 Å². The molecular weight excluding hydrogens is 266 g/mol. The first kappa shape index (κ1) is 15.6. The van der Waals surface area contributed by atoms with Crippen LogP contribution in [0, 0.1) is 5.92 Å². The molecular formula is C14H20ClNO3. The third kappa shape index (κ3) is 4.03. The lowest BCUT2D eigenvalue weighted by molar-refractivity contribution is 0.0952. The standard InChI is InChI=1S/C14H20ClNO3/c1-9(2)7-8-16-14(17)10-5-6-11(18-3)13(19-4)12(10)15/h5-6,9H,7-8H2,1-4H3,(H,16,17). The highest BCUT2D eigenvalue weighted by Crippen LogP contribution is 2.37. The minimum atomic E-state index is -0.202. The Morgan fingerprint density at radius 1 is 1.32 bits per heavy atom. The van der Waals surface area contributed by atoms with Gasteiger partial charge in [-0.2, -0.15) is 0 Å². The zero-order valence-corrected chi connectivity index (χ0v) is 12.5. The first-order valence-electron chi connectivity index (χ1n) is 6.20. The van der Waals surface area contributed by atoms with E-state index in [0.29, 0.717) is 29.5 Å². The summed E-state index contributed by atoms with van der Waals surface area (Å²) in [5, 5.41) is 3.11. The monoisotopic (exact) mass is 285 g/mol. The number of hydrogen-bond acceptors (Lipinski definition) is 3. The molecule has 0 heterocycles. The quantitative estimate of drug-likeness (QED) is 0.873. The van der Waals surface area contributed by atoms with Crippen LogP contribution < -0.4 is 14.8 Å². The lowest BCUT2D eigenvalue weighted by atomic mass is 10.1. The van der Waals surface area contributed by atoms with Crippen molar-refractivity contribution >= 4 is 17.5 Å². The van der Waals surface area contributed by atoms with Crippen LogP contribution in [0.25, 0.3) is 0 Å². The van der Waals surface area contributed by atoms with Gasteiger partial charge in [-0.25, -0.2) is 0 Å². The maximum atomic E-state index is 12.0. The van der Waals surface area contributed by atoms with E-state index < -0.39 is 0 Å². The Morgan fingerprint density at radius 2 is 2.00 bits per heavy atom. The predicted molar refractivity (Wildman–Crippen MR) is 76.3 cm³/mol. The lowest BCUT2D eigenvalue weighted by Gasteiger charge is -2.13. The van der Waals surface area contributed by atoms with Gasteiger partial charge in [0.25, 0.3) is 5.91 Å². The number of ether oxygens (including phenoxy) is 2. The summed E-state index contributed by atoms with van der Waals surface area (Å²) in [6.07, 6.45) is 0.927. The van der Waals surface area contributed by atoms with Gasteiger partial charge in [-0.05, 0) is 24.5 Å². The molecule has 1 N–H and O–H groups in total. The van der Waals surface area contributed by atoms with Gasteiger partial charge in [0, 0.05) is 6.54 Å². The maximum absolute atomic E-state index is 12.0. The molecule has 1 aromatic rings. The van der Waals surface area contributed by atoms with Crippen LogP contribution in [0.3, 0.4) is 0 Å². The van der Waals surface area contributed by atoms with Crippen molar-refractivity contribution in [1.82, 2.24) is 5.32 Å². The Bertz CT molecular complexity index is 447. The number of rotatable bonds is 6. The van der Waals surface area contributed by atoms with Crippen LogP contribution >= 0.6 is 11.6 Å². The van der Waals surface area contributed by atoms with Gasteiger partial charge in [0.2, 0.25) is 0 Å². The second-order valence-corrected chi connectivity index (χ2v) is 4.98. The normalized spacial score (nSPS) is 10.4. The van der Waals surface area contributed by atoms with Gasteiger partial charge in [0.1, 0.15) is 0 Å². The van der Waals surface area contributed by atoms with Crippen LogP contribution in [-0.2, 0) is 0 Å². The lowest BCUT2D eigenvalue weighted by Crippen LogP contribution is -2.25. The fraction of sp³-hybridized carbons (Fsp3) is 0.500. The highest BCUT2D eigenvalue weighted by atomic mass is 35.5. The molecule has 0 aliphatic rings. The van der Waals surface area contributed by atoms with Gasteiger partial charge in [0.15, 0.2) is 11.5 Å². The van der Waals surface area contributed by atoms with Gasteiger partial charge >= 0.3 is 0 Å². The predicted octanol–water partition coefficient (Wildman–Crippen LogP) is 3.13. The SMILES string of the molecule is COc1ccc(C(=O)NCCC(C)C)c(Cl)c1OC. The molecule has 1 aromatic carbocycles. The van der Waals surface area contributed by atoms with Crippen LogP contribution in [0.2, 0.25) is 5.02 Å². The van der Waals surface area contributed by atoms with Crippen molar-refractivity contribution in [1.29, 1.82) is 0 Å².